The van der Waals surface area contributed by atoms with Gasteiger partial charge < -0.3 is 14.6 Å². The first kappa shape index (κ1) is 16.5. The minimum absolute atomic E-state index is 0.166. The summed E-state index contributed by atoms with van der Waals surface area (Å²) in [4.78, 5) is 22.5. The smallest absolute Gasteiger partial charge is 0.336 e. The number of carbonyl (C=O) groups excluding carboxylic acids is 1. The monoisotopic (exact) mass is 314 g/mol. The van der Waals surface area contributed by atoms with Gasteiger partial charge in [0.2, 0.25) is 0 Å². The van der Waals surface area contributed by atoms with E-state index in [9.17, 15) is 9.59 Å². The Morgan fingerprint density at radius 1 is 1.04 bits per heavy atom. The van der Waals surface area contributed by atoms with Crippen molar-refractivity contribution < 1.29 is 24.2 Å². The van der Waals surface area contributed by atoms with Crippen molar-refractivity contribution in [2.75, 3.05) is 6.61 Å². The topological polar surface area (TPSA) is 72.8 Å². The van der Waals surface area contributed by atoms with Crippen molar-refractivity contribution in [3.05, 3.63) is 65.2 Å². The van der Waals surface area contributed by atoms with Gasteiger partial charge in [0.1, 0.15) is 12.4 Å². The van der Waals surface area contributed by atoms with Crippen molar-refractivity contribution in [3.8, 4) is 5.75 Å². The van der Waals surface area contributed by atoms with E-state index < -0.39 is 5.97 Å². The highest BCUT2D eigenvalue weighted by Gasteiger charge is 2.09. The Hall–Kier alpha value is -2.82. The molecular formula is C18H18O5. The number of esters is 1. The van der Waals surface area contributed by atoms with Crippen molar-refractivity contribution in [2.24, 2.45) is 0 Å². The summed E-state index contributed by atoms with van der Waals surface area (Å²) in [5, 5.41) is 9.13. The van der Waals surface area contributed by atoms with Crippen LogP contribution in [-0.2, 0) is 22.6 Å². The summed E-state index contributed by atoms with van der Waals surface area (Å²) in [5.41, 5.74) is 1.67. The van der Waals surface area contributed by atoms with Crippen LogP contribution < -0.4 is 4.74 Å². The number of ether oxygens (including phenoxy) is 2. The molecule has 23 heavy (non-hydrogen) atoms. The van der Waals surface area contributed by atoms with Crippen LogP contribution in [0.2, 0.25) is 0 Å². The maximum atomic E-state index is 11.4. The zero-order valence-electron chi connectivity index (χ0n) is 12.8. The van der Waals surface area contributed by atoms with Gasteiger partial charge in [-0.05, 0) is 30.7 Å². The molecule has 0 aliphatic carbocycles. The van der Waals surface area contributed by atoms with Gasteiger partial charge in [-0.25, -0.2) is 4.79 Å². The molecule has 5 nitrogen and oxygen atoms in total. The SMILES string of the molecule is CCOC(=O)Cc1ccc(OCc2ccccc2C(=O)O)cc1. The summed E-state index contributed by atoms with van der Waals surface area (Å²) in [6, 6.07) is 13.8. The number of hydrogen-bond acceptors (Lipinski definition) is 4. The van der Waals surface area contributed by atoms with E-state index in [1.165, 1.54) is 0 Å². The van der Waals surface area contributed by atoms with Crippen LogP contribution in [0.1, 0.15) is 28.4 Å². The lowest BCUT2D eigenvalue weighted by atomic mass is 10.1. The van der Waals surface area contributed by atoms with Crippen molar-refractivity contribution >= 4 is 11.9 Å². The largest absolute Gasteiger partial charge is 0.489 e. The van der Waals surface area contributed by atoms with Gasteiger partial charge in [-0.2, -0.15) is 0 Å². The lowest BCUT2D eigenvalue weighted by Gasteiger charge is -2.09. The van der Waals surface area contributed by atoms with Gasteiger partial charge >= 0.3 is 11.9 Å². The Labute approximate surface area is 134 Å². The standard InChI is InChI=1S/C18H18O5/c1-2-22-17(19)11-13-7-9-15(10-8-13)23-12-14-5-3-4-6-16(14)18(20)21/h3-10H,2,11-12H2,1H3,(H,20,21). The molecular weight excluding hydrogens is 296 g/mol. The Balaban J connectivity index is 1.97. The molecule has 0 unspecified atom stereocenters. The fourth-order valence-corrected chi connectivity index (χ4v) is 2.10. The molecule has 0 aromatic heterocycles. The molecule has 2 aromatic rings. The van der Waals surface area contributed by atoms with Crippen LogP contribution in [0.3, 0.4) is 0 Å². The first-order valence-electron chi connectivity index (χ1n) is 7.28. The number of carboxylic acid groups (broad SMARTS) is 1. The molecule has 5 heteroatoms. The summed E-state index contributed by atoms with van der Waals surface area (Å²) in [6.45, 7) is 2.30. The zero-order chi connectivity index (χ0) is 16.7. The zero-order valence-corrected chi connectivity index (χ0v) is 12.8. The second kappa shape index (κ2) is 7.98. The Morgan fingerprint density at radius 3 is 2.39 bits per heavy atom. The molecule has 0 amide bonds. The Kier molecular flexibility index (Phi) is 5.74. The highest BCUT2D eigenvalue weighted by molar-refractivity contribution is 5.89. The molecule has 0 fully saturated rings. The third-order valence-corrected chi connectivity index (χ3v) is 3.22. The molecule has 0 saturated heterocycles. The molecule has 0 atom stereocenters. The average Bonchev–Trinajstić information content (AvgIpc) is 2.54. The Morgan fingerprint density at radius 2 is 1.74 bits per heavy atom. The quantitative estimate of drug-likeness (QED) is 0.795. The average molecular weight is 314 g/mol. The highest BCUT2D eigenvalue weighted by Crippen LogP contribution is 2.16. The van der Waals surface area contributed by atoms with Crippen molar-refractivity contribution in [1.29, 1.82) is 0 Å². The van der Waals surface area contributed by atoms with E-state index in [0.717, 1.165) is 5.56 Å². The van der Waals surface area contributed by atoms with Crippen LogP contribution in [0.4, 0.5) is 0 Å². The van der Waals surface area contributed by atoms with Crippen molar-refractivity contribution in [2.45, 2.75) is 20.0 Å². The third-order valence-electron chi connectivity index (χ3n) is 3.22. The van der Waals surface area contributed by atoms with Gasteiger partial charge in [-0.1, -0.05) is 30.3 Å². The first-order valence-corrected chi connectivity index (χ1v) is 7.28. The third kappa shape index (κ3) is 4.85. The number of carboxylic acids is 1. The highest BCUT2D eigenvalue weighted by atomic mass is 16.5. The van der Waals surface area contributed by atoms with E-state index in [1.54, 1.807) is 55.5 Å². The molecule has 0 aliphatic rings. The van der Waals surface area contributed by atoms with Crippen molar-refractivity contribution in [1.82, 2.24) is 0 Å². The molecule has 2 aromatic carbocycles. The van der Waals surface area contributed by atoms with E-state index in [0.29, 0.717) is 17.9 Å². The molecule has 2 rings (SSSR count). The summed E-state index contributed by atoms with van der Waals surface area (Å²) in [5.74, 6) is -0.636. The summed E-state index contributed by atoms with van der Waals surface area (Å²) >= 11 is 0. The lowest BCUT2D eigenvalue weighted by Crippen LogP contribution is -2.07. The minimum atomic E-state index is -0.978. The second-order valence-electron chi connectivity index (χ2n) is 4.88. The van der Waals surface area contributed by atoms with Gasteiger partial charge in [0.25, 0.3) is 0 Å². The van der Waals surface area contributed by atoms with Crippen LogP contribution in [0.5, 0.6) is 5.75 Å². The van der Waals surface area contributed by atoms with Gasteiger partial charge in [0.15, 0.2) is 0 Å². The minimum Gasteiger partial charge on any atom is -0.489 e. The number of carbonyl (C=O) groups is 2. The predicted molar refractivity (Wildman–Crippen MR) is 84.5 cm³/mol. The maximum absolute atomic E-state index is 11.4. The number of rotatable bonds is 7. The lowest BCUT2D eigenvalue weighted by molar-refractivity contribution is -0.142. The number of benzene rings is 2. The van der Waals surface area contributed by atoms with E-state index in [1.807, 2.05) is 0 Å². The van der Waals surface area contributed by atoms with Crippen LogP contribution in [-0.4, -0.2) is 23.7 Å². The van der Waals surface area contributed by atoms with Crippen molar-refractivity contribution in [3.63, 3.8) is 0 Å². The number of aromatic carboxylic acids is 1. The van der Waals surface area contributed by atoms with E-state index >= 15 is 0 Å². The van der Waals surface area contributed by atoms with E-state index in [2.05, 4.69) is 0 Å². The summed E-state index contributed by atoms with van der Waals surface area (Å²) < 4.78 is 10.5. The van der Waals surface area contributed by atoms with Crippen LogP contribution in [0.15, 0.2) is 48.5 Å². The maximum Gasteiger partial charge on any atom is 0.336 e. The van der Waals surface area contributed by atoms with Gasteiger partial charge in [-0.3, -0.25) is 4.79 Å². The van der Waals surface area contributed by atoms with Gasteiger partial charge in [-0.15, -0.1) is 0 Å². The Bertz CT molecular complexity index is 676. The molecule has 0 bridgehead atoms. The van der Waals surface area contributed by atoms with E-state index in [4.69, 9.17) is 14.6 Å². The molecule has 1 N–H and O–H groups in total. The fraction of sp³-hybridized carbons (Fsp3) is 0.222. The molecule has 0 saturated carbocycles. The molecule has 120 valence electrons. The van der Waals surface area contributed by atoms with Crippen LogP contribution in [0.25, 0.3) is 0 Å². The van der Waals surface area contributed by atoms with Crippen LogP contribution >= 0.6 is 0 Å². The summed E-state index contributed by atoms with van der Waals surface area (Å²) in [6.07, 6.45) is 0.218. The van der Waals surface area contributed by atoms with Gasteiger partial charge in [0, 0.05) is 5.56 Å². The second-order valence-corrected chi connectivity index (χ2v) is 4.88. The predicted octanol–water partition coefficient (Wildman–Crippen LogP) is 3.07. The molecule has 0 radical (unpaired) electrons. The normalized spacial score (nSPS) is 10.1. The molecule has 0 heterocycles. The van der Waals surface area contributed by atoms with E-state index in [-0.39, 0.29) is 24.6 Å². The summed E-state index contributed by atoms with van der Waals surface area (Å²) in [7, 11) is 0. The van der Waals surface area contributed by atoms with Gasteiger partial charge in [0.05, 0.1) is 18.6 Å². The molecule has 0 spiro atoms. The fourth-order valence-electron chi connectivity index (χ4n) is 2.10. The first-order chi connectivity index (χ1) is 11.1. The van der Waals surface area contributed by atoms with Crippen LogP contribution in [0, 0.1) is 0 Å². The molecule has 0 aliphatic heterocycles. The number of hydrogen-bond donors (Lipinski definition) is 1.